The van der Waals surface area contributed by atoms with Gasteiger partial charge in [-0.1, -0.05) is 24.3 Å². The molecule has 0 aliphatic carbocycles. The second kappa shape index (κ2) is 12.3. The maximum Gasteiger partial charge on any atom is 0.523 e. The molecule has 214 valence electrons. The van der Waals surface area contributed by atoms with Crippen LogP contribution in [0.1, 0.15) is 23.6 Å². The molecule has 0 saturated heterocycles. The minimum atomic E-state index is -5.87. The molecule has 1 aliphatic heterocycles. The van der Waals surface area contributed by atoms with Gasteiger partial charge in [0, 0.05) is 50.1 Å². The first kappa shape index (κ1) is 30.3. The fraction of sp³-hybridized carbons (Fsp3) is 0.391. The van der Waals surface area contributed by atoms with Crippen molar-refractivity contribution in [3.05, 3.63) is 65.6 Å². The van der Waals surface area contributed by atoms with Gasteiger partial charge >= 0.3 is 15.6 Å². The lowest BCUT2D eigenvalue weighted by Crippen LogP contribution is -2.27. The van der Waals surface area contributed by atoms with Gasteiger partial charge in [0.2, 0.25) is 5.88 Å². The summed E-state index contributed by atoms with van der Waals surface area (Å²) in [4.78, 5) is 6.39. The molecule has 1 aromatic carbocycles. The van der Waals surface area contributed by atoms with Gasteiger partial charge in [-0.25, -0.2) is 22.5 Å². The maximum absolute atomic E-state index is 13.1. The Hall–Kier alpha value is -3.24. The summed E-state index contributed by atoms with van der Waals surface area (Å²) in [5.41, 5.74) is -0.327. The van der Waals surface area contributed by atoms with Crippen molar-refractivity contribution in [3.8, 4) is 17.0 Å². The second-order valence-electron chi connectivity index (χ2n) is 8.52. The number of hydrogen-bond donors (Lipinski definition) is 1. The summed E-state index contributed by atoms with van der Waals surface area (Å²) in [6, 6.07) is 10.3. The smallest absolute Gasteiger partial charge is 0.471 e. The van der Waals surface area contributed by atoms with Crippen molar-refractivity contribution in [2.24, 2.45) is 0 Å². The lowest BCUT2D eigenvalue weighted by molar-refractivity contribution is -0.0572. The number of H-pyrrole nitrogens is 1. The minimum absolute atomic E-state index is 0.312. The zero-order valence-corrected chi connectivity index (χ0v) is 21.1. The van der Waals surface area contributed by atoms with Gasteiger partial charge in [-0.3, -0.25) is 14.2 Å². The molecule has 4 rings (SSSR count). The first-order chi connectivity index (χ1) is 18.1. The van der Waals surface area contributed by atoms with E-state index in [1.807, 2.05) is 12.3 Å². The molecule has 1 N–H and O–H groups in total. The first-order valence-electron chi connectivity index (χ1n) is 11.2. The topological polar surface area (TPSA) is 97.4 Å². The average molecular weight is 585 g/mol. The highest BCUT2D eigenvalue weighted by atomic mass is 32.2. The van der Waals surface area contributed by atoms with Crippen LogP contribution in [0.15, 0.2) is 48.9 Å². The van der Waals surface area contributed by atoms with Crippen molar-refractivity contribution < 1.29 is 48.1 Å². The van der Waals surface area contributed by atoms with E-state index in [0.29, 0.717) is 12.4 Å². The summed E-state index contributed by atoms with van der Waals surface area (Å²) in [6.07, 6.45) is 2.01. The number of rotatable bonds is 9. The number of hydrogen-bond acceptors (Lipinski definition) is 7. The van der Waals surface area contributed by atoms with Crippen LogP contribution in [-0.4, -0.2) is 59.6 Å². The number of ether oxygens (including phenoxy) is 1. The monoisotopic (exact) mass is 584 g/mol. The summed E-state index contributed by atoms with van der Waals surface area (Å²) in [5.74, 6) is -2.56. The molecule has 0 amide bonds. The van der Waals surface area contributed by atoms with Crippen molar-refractivity contribution in [2.75, 3.05) is 13.2 Å². The molecule has 1 aliphatic rings. The number of halogens is 7. The lowest BCUT2D eigenvalue weighted by atomic mass is 10.1. The summed E-state index contributed by atoms with van der Waals surface area (Å²) in [6.45, 7) is 0.546. The van der Waals surface area contributed by atoms with E-state index in [9.17, 15) is 39.2 Å². The van der Waals surface area contributed by atoms with E-state index in [1.54, 1.807) is 12.4 Å². The third kappa shape index (κ3) is 8.90. The molecule has 0 bridgehead atoms. The molecule has 0 fully saturated rings. The number of aromatic nitrogens is 3. The molecule has 3 heterocycles. The van der Waals surface area contributed by atoms with Crippen molar-refractivity contribution in [1.29, 1.82) is 0 Å². The van der Waals surface area contributed by atoms with Gasteiger partial charge in [0.15, 0.2) is 6.61 Å². The third-order valence-electron chi connectivity index (χ3n) is 5.18. The molecular formula is C23H23F7N4O4S. The summed E-state index contributed by atoms with van der Waals surface area (Å²) >= 11 is 0. The van der Waals surface area contributed by atoms with Crippen LogP contribution in [0.2, 0.25) is 0 Å². The van der Waals surface area contributed by atoms with E-state index in [-0.39, 0.29) is 0 Å². The standard InChI is InChI=1S/C20H20F2N4O.C3H3F5O3S/c1-20(21,22)13-27-19-18-12-26(11-16(18)6-7-23-19)10-14-2-4-15(5-3-14)17-8-24-25-9-17;4-2(5)1-11-12(9,10)3(6,7)8/h2-9H,10-13H2,1H3,(H,24,25);2H,1H2. The summed E-state index contributed by atoms with van der Waals surface area (Å²) in [5, 5.41) is 6.78. The number of benzene rings is 1. The molecule has 2 aromatic heterocycles. The molecule has 0 radical (unpaired) electrons. The van der Waals surface area contributed by atoms with Crippen LogP contribution in [0.4, 0.5) is 30.7 Å². The molecule has 16 heteroatoms. The second-order valence-corrected chi connectivity index (χ2v) is 10.1. The maximum atomic E-state index is 13.1. The Labute approximate surface area is 218 Å². The van der Waals surface area contributed by atoms with Gasteiger partial charge in [0.25, 0.3) is 12.3 Å². The Morgan fingerprint density at radius 1 is 1.05 bits per heavy atom. The predicted octanol–water partition coefficient (Wildman–Crippen LogP) is 5.14. The zero-order chi connectivity index (χ0) is 28.8. The normalized spacial score (nSPS) is 14.2. The zero-order valence-electron chi connectivity index (χ0n) is 20.3. The molecule has 39 heavy (non-hydrogen) atoms. The molecule has 0 spiro atoms. The Balaban J connectivity index is 0.000000298. The van der Waals surface area contributed by atoms with Crippen LogP contribution in [0.5, 0.6) is 5.88 Å². The van der Waals surface area contributed by atoms with Crippen LogP contribution >= 0.6 is 0 Å². The summed E-state index contributed by atoms with van der Waals surface area (Å²) < 4.78 is 111. The number of pyridine rings is 1. The number of alkyl halides is 7. The van der Waals surface area contributed by atoms with Crippen LogP contribution in [-0.2, 0) is 33.9 Å². The van der Waals surface area contributed by atoms with E-state index in [1.165, 1.54) is 5.56 Å². The number of nitrogens with one attached hydrogen (secondary N) is 1. The summed E-state index contributed by atoms with van der Waals surface area (Å²) in [7, 11) is -5.87. The Morgan fingerprint density at radius 2 is 1.74 bits per heavy atom. The number of aromatic amines is 1. The van der Waals surface area contributed by atoms with Crippen LogP contribution < -0.4 is 4.74 Å². The Morgan fingerprint density at radius 3 is 2.31 bits per heavy atom. The highest BCUT2D eigenvalue weighted by Gasteiger charge is 2.47. The third-order valence-corrected chi connectivity index (χ3v) is 6.19. The van der Waals surface area contributed by atoms with Gasteiger partial charge < -0.3 is 4.74 Å². The molecule has 0 unspecified atom stereocenters. The van der Waals surface area contributed by atoms with Crippen LogP contribution in [0, 0.1) is 0 Å². The fourth-order valence-corrected chi connectivity index (χ4v) is 3.87. The minimum Gasteiger partial charge on any atom is -0.471 e. The highest BCUT2D eigenvalue weighted by Crippen LogP contribution is 2.31. The Bertz CT molecular complexity index is 1310. The quantitative estimate of drug-likeness (QED) is 0.211. The largest absolute Gasteiger partial charge is 0.523 e. The van der Waals surface area contributed by atoms with Crippen LogP contribution in [0.25, 0.3) is 11.1 Å². The fourth-order valence-electron chi connectivity index (χ4n) is 3.46. The van der Waals surface area contributed by atoms with Crippen molar-refractivity contribution >= 4 is 10.1 Å². The first-order valence-corrected chi connectivity index (χ1v) is 12.6. The van der Waals surface area contributed by atoms with E-state index >= 15 is 0 Å². The van der Waals surface area contributed by atoms with Gasteiger partial charge in [-0.2, -0.15) is 26.7 Å². The lowest BCUT2D eigenvalue weighted by Gasteiger charge is -2.15. The van der Waals surface area contributed by atoms with Gasteiger partial charge in [-0.15, -0.1) is 0 Å². The number of nitrogens with zero attached hydrogens (tertiary/aromatic N) is 3. The van der Waals surface area contributed by atoms with E-state index in [4.69, 9.17) is 4.74 Å². The molecule has 0 saturated carbocycles. The molecule has 8 nitrogen and oxygen atoms in total. The average Bonchev–Trinajstić information content (AvgIpc) is 3.51. The van der Waals surface area contributed by atoms with Crippen molar-refractivity contribution in [3.63, 3.8) is 0 Å². The van der Waals surface area contributed by atoms with Crippen LogP contribution in [0.3, 0.4) is 0 Å². The molecule has 3 aromatic rings. The van der Waals surface area contributed by atoms with E-state index < -0.39 is 41.2 Å². The van der Waals surface area contributed by atoms with Crippen molar-refractivity contribution in [1.82, 2.24) is 20.1 Å². The van der Waals surface area contributed by atoms with Gasteiger partial charge in [-0.05, 0) is 22.8 Å². The van der Waals surface area contributed by atoms with E-state index in [0.717, 1.165) is 42.3 Å². The Kier molecular flexibility index (Phi) is 9.55. The molecule has 0 atom stereocenters. The van der Waals surface area contributed by atoms with E-state index in [2.05, 4.69) is 48.5 Å². The molecular weight excluding hydrogens is 561 g/mol. The number of fused-ring (bicyclic) bond motifs is 1. The predicted molar refractivity (Wildman–Crippen MR) is 124 cm³/mol. The van der Waals surface area contributed by atoms with Crippen molar-refractivity contribution in [2.45, 2.75) is 44.4 Å². The van der Waals surface area contributed by atoms with Gasteiger partial charge in [0.1, 0.15) is 6.61 Å². The highest BCUT2D eigenvalue weighted by molar-refractivity contribution is 7.87. The SMILES string of the molecule is CC(F)(F)COc1nccc2c1CN(Cc1ccc(-c3cn[nH]c3)cc1)C2.O=S(=O)(OCC(F)F)C(F)(F)F. The van der Waals surface area contributed by atoms with Gasteiger partial charge in [0.05, 0.1) is 6.20 Å².